The molecule has 0 aliphatic heterocycles. The van der Waals surface area contributed by atoms with E-state index in [-0.39, 0.29) is 12.3 Å². The van der Waals surface area contributed by atoms with E-state index in [4.69, 9.17) is 5.11 Å². The predicted octanol–water partition coefficient (Wildman–Crippen LogP) is 3.22. The first-order chi connectivity index (χ1) is 11.6. The molecule has 2 N–H and O–H groups in total. The number of halogens is 1. The number of benzene rings is 1. The summed E-state index contributed by atoms with van der Waals surface area (Å²) in [6, 6.07) is 7.23. The minimum absolute atomic E-state index is 0.140. The van der Waals surface area contributed by atoms with Crippen molar-refractivity contribution in [1.82, 2.24) is 15.1 Å². The van der Waals surface area contributed by atoms with Crippen molar-refractivity contribution < 1.29 is 14.7 Å². The maximum atomic E-state index is 12.2. The fourth-order valence-electron chi connectivity index (χ4n) is 1.79. The molecule has 0 aliphatic carbocycles. The lowest BCUT2D eigenvalue weighted by Crippen LogP contribution is -2.25. The molecule has 0 saturated heterocycles. The van der Waals surface area contributed by atoms with E-state index in [1.54, 1.807) is 33.8 Å². The summed E-state index contributed by atoms with van der Waals surface area (Å²) < 4.78 is 2.56. The SMILES string of the molecule is O=C(O)CCSSCCNC(=O)c1cccc(-n2cc(Br)cn2)c1. The number of hydrogen-bond acceptors (Lipinski definition) is 5. The Morgan fingerprint density at radius 1 is 1.29 bits per heavy atom. The summed E-state index contributed by atoms with van der Waals surface area (Å²) in [6.45, 7) is 0.529. The molecule has 24 heavy (non-hydrogen) atoms. The molecule has 1 heterocycles. The second-order valence-electron chi connectivity index (χ2n) is 4.70. The third-order valence-electron chi connectivity index (χ3n) is 2.88. The van der Waals surface area contributed by atoms with Gasteiger partial charge in [-0.3, -0.25) is 9.59 Å². The molecule has 0 atom stereocenters. The Bertz CT molecular complexity index is 709. The molecule has 1 amide bonds. The van der Waals surface area contributed by atoms with Crippen molar-refractivity contribution in [3.8, 4) is 5.69 Å². The van der Waals surface area contributed by atoms with Crippen molar-refractivity contribution in [2.45, 2.75) is 6.42 Å². The fourth-order valence-corrected chi connectivity index (χ4v) is 3.96. The van der Waals surface area contributed by atoms with E-state index in [0.717, 1.165) is 15.9 Å². The smallest absolute Gasteiger partial charge is 0.304 e. The van der Waals surface area contributed by atoms with Gasteiger partial charge in [-0.05, 0) is 34.1 Å². The Hall–Kier alpha value is -1.45. The first kappa shape index (κ1) is 18.9. The standard InChI is InChI=1S/C15H16BrN3O3S2/c16-12-9-18-19(10-12)13-3-1-2-11(8-13)15(22)17-5-7-24-23-6-4-14(20)21/h1-3,8-10H,4-7H2,(H,17,22)(H,20,21). The van der Waals surface area contributed by atoms with Gasteiger partial charge in [0.15, 0.2) is 0 Å². The first-order valence-electron chi connectivity index (χ1n) is 7.11. The molecule has 2 rings (SSSR count). The number of nitrogens with zero attached hydrogens (tertiary/aromatic N) is 2. The highest BCUT2D eigenvalue weighted by Gasteiger charge is 2.07. The Morgan fingerprint density at radius 2 is 2.08 bits per heavy atom. The molecule has 0 fully saturated rings. The Balaban J connectivity index is 1.77. The zero-order chi connectivity index (χ0) is 17.4. The lowest BCUT2D eigenvalue weighted by atomic mass is 10.2. The van der Waals surface area contributed by atoms with E-state index < -0.39 is 5.97 Å². The van der Waals surface area contributed by atoms with Gasteiger partial charge >= 0.3 is 5.97 Å². The molecular formula is C15H16BrN3O3S2. The highest BCUT2D eigenvalue weighted by molar-refractivity contribution is 9.10. The van der Waals surface area contributed by atoms with Crippen LogP contribution in [0.1, 0.15) is 16.8 Å². The summed E-state index contributed by atoms with van der Waals surface area (Å²) in [6.07, 6.45) is 3.66. The van der Waals surface area contributed by atoms with E-state index in [1.165, 1.54) is 10.8 Å². The molecule has 0 unspecified atom stereocenters. The molecular weight excluding hydrogens is 414 g/mol. The van der Waals surface area contributed by atoms with Gasteiger partial charge < -0.3 is 10.4 Å². The lowest BCUT2D eigenvalue weighted by molar-refractivity contribution is -0.136. The second kappa shape index (κ2) is 9.75. The van der Waals surface area contributed by atoms with Crippen LogP contribution in [0.4, 0.5) is 0 Å². The topological polar surface area (TPSA) is 84.2 Å². The van der Waals surface area contributed by atoms with Crippen LogP contribution < -0.4 is 5.32 Å². The van der Waals surface area contributed by atoms with Crippen molar-refractivity contribution >= 4 is 49.4 Å². The summed E-state index contributed by atoms with van der Waals surface area (Å²) in [5, 5.41) is 15.6. The fraction of sp³-hybridized carbons (Fsp3) is 0.267. The molecule has 128 valence electrons. The molecule has 0 bridgehead atoms. The van der Waals surface area contributed by atoms with Crippen LogP contribution in [-0.4, -0.2) is 44.8 Å². The maximum Gasteiger partial charge on any atom is 0.304 e. The van der Waals surface area contributed by atoms with Crippen LogP contribution >= 0.6 is 37.5 Å². The van der Waals surface area contributed by atoms with Crippen molar-refractivity contribution in [3.05, 3.63) is 46.7 Å². The Morgan fingerprint density at radius 3 is 2.79 bits per heavy atom. The minimum atomic E-state index is -0.791. The number of carboxylic acids is 1. The second-order valence-corrected chi connectivity index (χ2v) is 8.31. The van der Waals surface area contributed by atoms with Crippen molar-refractivity contribution in [1.29, 1.82) is 0 Å². The molecule has 0 spiro atoms. The third-order valence-corrected chi connectivity index (χ3v) is 5.70. The van der Waals surface area contributed by atoms with Gasteiger partial charge in [0.1, 0.15) is 0 Å². The Kier molecular flexibility index (Phi) is 7.67. The summed E-state index contributed by atoms with van der Waals surface area (Å²) >= 11 is 3.35. The van der Waals surface area contributed by atoms with Crippen LogP contribution in [0.2, 0.25) is 0 Å². The highest BCUT2D eigenvalue weighted by atomic mass is 79.9. The van der Waals surface area contributed by atoms with E-state index in [9.17, 15) is 9.59 Å². The molecule has 6 nitrogen and oxygen atoms in total. The van der Waals surface area contributed by atoms with Crippen LogP contribution in [0.25, 0.3) is 5.69 Å². The largest absolute Gasteiger partial charge is 0.481 e. The molecule has 1 aromatic heterocycles. The average Bonchev–Trinajstić information content (AvgIpc) is 3.00. The average molecular weight is 430 g/mol. The molecule has 0 aliphatic rings. The zero-order valence-corrected chi connectivity index (χ0v) is 15.9. The normalized spacial score (nSPS) is 10.5. The van der Waals surface area contributed by atoms with Gasteiger partial charge in [0.2, 0.25) is 0 Å². The predicted molar refractivity (Wildman–Crippen MR) is 101 cm³/mol. The van der Waals surface area contributed by atoms with Gasteiger partial charge in [-0.1, -0.05) is 27.7 Å². The van der Waals surface area contributed by atoms with E-state index in [2.05, 4.69) is 26.3 Å². The minimum Gasteiger partial charge on any atom is -0.481 e. The molecule has 0 saturated carbocycles. The van der Waals surface area contributed by atoms with Crippen molar-refractivity contribution in [3.63, 3.8) is 0 Å². The summed E-state index contributed by atoms with van der Waals surface area (Å²) in [5.41, 5.74) is 1.38. The van der Waals surface area contributed by atoms with E-state index in [0.29, 0.717) is 17.9 Å². The summed E-state index contributed by atoms with van der Waals surface area (Å²) in [4.78, 5) is 22.5. The van der Waals surface area contributed by atoms with Crippen LogP contribution in [0, 0.1) is 0 Å². The van der Waals surface area contributed by atoms with Crippen molar-refractivity contribution in [2.24, 2.45) is 0 Å². The first-order valence-corrected chi connectivity index (χ1v) is 10.4. The van der Waals surface area contributed by atoms with E-state index >= 15 is 0 Å². The highest BCUT2D eigenvalue weighted by Crippen LogP contribution is 2.21. The number of carboxylic acid groups (broad SMARTS) is 1. The number of aromatic nitrogens is 2. The van der Waals surface area contributed by atoms with Crippen molar-refractivity contribution in [2.75, 3.05) is 18.1 Å². The number of hydrogen-bond donors (Lipinski definition) is 2. The van der Waals surface area contributed by atoms with Gasteiger partial charge in [-0.2, -0.15) is 5.10 Å². The van der Waals surface area contributed by atoms with Crippen LogP contribution in [-0.2, 0) is 4.79 Å². The number of carbonyl (C=O) groups is 2. The summed E-state index contributed by atoms with van der Waals surface area (Å²) in [7, 11) is 3.05. The molecule has 0 radical (unpaired) electrons. The third kappa shape index (κ3) is 6.21. The summed E-state index contributed by atoms with van der Waals surface area (Å²) in [5.74, 6) is 0.358. The maximum absolute atomic E-state index is 12.2. The molecule has 2 aromatic rings. The van der Waals surface area contributed by atoms with Crippen LogP contribution in [0.5, 0.6) is 0 Å². The van der Waals surface area contributed by atoms with E-state index in [1.807, 2.05) is 18.3 Å². The number of carbonyl (C=O) groups excluding carboxylic acids is 1. The molecule has 1 aromatic carbocycles. The number of aliphatic carboxylic acids is 1. The van der Waals surface area contributed by atoms with Crippen LogP contribution in [0.3, 0.4) is 0 Å². The van der Waals surface area contributed by atoms with Gasteiger partial charge in [-0.25, -0.2) is 4.68 Å². The van der Waals surface area contributed by atoms with Gasteiger partial charge in [0, 0.05) is 29.8 Å². The number of amides is 1. The zero-order valence-electron chi connectivity index (χ0n) is 12.6. The Labute approximate surface area is 155 Å². The number of nitrogens with one attached hydrogen (secondary N) is 1. The van der Waals surface area contributed by atoms with Gasteiger partial charge in [0.25, 0.3) is 5.91 Å². The number of rotatable bonds is 9. The van der Waals surface area contributed by atoms with Gasteiger partial charge in [-0.15, -0.1) is 0 Å². The lowest BCUT2D eigenvalue weighted by Gasteiger charge is -2.07. The quantitative estimate of drug-likeness (QED) is 0.470. The van der Waals surface area contributed by atoms with Crippen LogP contribution in [0.15, 0.2) is 41.1 Å². The van der Waals surface area contributed by atoms with Gasteiger partial charge in [0.05, 0.1) is 22.8 Å². The molecule has 9 heteroatoms. The monoisotopic (exact) mass is 429 g/mol.